The van der Waals surface area contributed by atoms with Gasteiger partial charge in [0, 0.05) is 49.6 Å². The fraction of sp³-hybridized carbons (Fsp3) is 0.600. The normalized spacial score (nSPS) is 25.3. The number of carbonyl (C=O) groups excluding carboxylic acids is 1. The first-order chi connectivity index (χ1) is 20.5. The molecule has 42 heavy (non-hydrogen) atoms. The van der Waals surface area contributed by atoms with Gasteiger partial charge >= 0.3 is 5.97 Å². The number of ether oxygens (including phenoxy) is 1. The summed E-state index contributed by atoms with van der Waals surface area (Å²) >= 11 is 0. The number of methoxy groups -OCH3 is 1. The first-order valence-electron chi connectivity index (χ1n) is 16.0. The summed E-state index contributed by atoms with van der Waals surface area (Å²) in [7, 11) is 1.49. The van der Waals surface area contributed by atoms with Crippen LogP contribution >= 0.6 is 0 Å². The van der Waals surface area contributed by atoms with E-state index in [1.54, 1.807) is 6.07 Å². The summed E-state index contributed by atoms with van der Waals surface area (Å²) in [4.78, 5) is 20.1. The minimum atomic E-state index is -0.164. The molecule has 0 spiro atoms. The number of piperidine rings is 1. The highest BCUT2D eigenvalue weighted by Crippen LogP contribution is 2.54. The van der Waals surface area contributed by atoms with Crippen LogP contribution in [0.15, 0.2) is 48.5 Å². The number of halogens is 1. The van der Waals surface area contributed by atoms with Crippen molar-refractivity contribution in [2.75, 3.05) is 64.4 Å². The number of benzene rings is 2. The van der Waals surface area contributed by atoms with Crippen molar-refractivity contribution in [3.63, 3.8) is 0 Å². The molecule has 6 nitrogen and oxygen atoms in total. The van der Waals surface area contributed by atoms with E-state index >= 15 is 0 Å². The molecule has 0 radical (unpaired) electrons. The van der Waals surface area contributed by atoms with Crippen molar-refractivity contribution >= 4 is 11.7 Å². The van der Waals surface area contributed by atoms with E-state index < -0.39 is 0 Å². The van der Waals surface area contributed by atoms with Crippen LogP contribution in [-0.4, -0.2) is 75.2 Å². The standard InChI is InChI=1S/C35H45FN4O2/c1-42-34(41)19-28-7-3-11-33(28)35(25-39-14-5-15-39,30-8-4-9-31(36)20-30)29-12-16-38(17-13-29)22-27-23-40(24-27)32-10-2-6-26(18-32)21-37/h2,4,6,8-10,18,20,27-29,33H,3,5,7,11-17,19,22-25H2,1H3/t28-,33+,35-/m1/s1. The second kappa shape index (κ2) is 12.7. The van der Waals surface area contributed by atoms with Crippen molar-refractivity contribution in [1.82, 2.24) is 9.80 Å². The van der Waals surface area contributed by atoms with Gasteiger partial charge in [0.15, 0.2) is 0 Å². The average molecular weight is 573 g/mol. The highest BCUT2D eigenvalue weighted by molar-refractivity contribution is 5.69. The van der Waals surface area contributed by atoms with Gasteiger partial charge in [-0.25, -0.2) is 4.39 Å². The molecular weight excluding hydrogens is 527 g/mol. The van der Waals surface area contributed by atoms with E-state index in [1.165, 1.54) is 13.5 Å². The largest absolute Gasteiger partial charge is 0.469 e. The predicted molar refractivity (Wildman–Crippen MR) is 163 cm³/mol. The van der Waals surface area contributed by atoms with Gasteiger partial charge in [-0.15, -0.1) is 0 Å². The maximum absolute atomic E-state index is 14.9. The number of rotatable bonds is 10. The molecule has 4 aliphatic rings. The van der Waals surface area contributed by atoms with Crippen molar-refractivity contribution in [3.05, 3.63) is 65.5 Å². The molecule has 3 atom stereocenters. The van der Waals surface area contributed by atoms with Crippen molar-refractivity contribution in [1.29, 1.82) is 5.26 Å². The lowest BCUT2D eigenvalue weighted by Gasteiger charge is -2.54. The molecule has 1 aliphatic carbocycles. The zero-order valence-electron chi connectivity index (χ0n) is 25.0. The van der Waals surface area contributed by atoms with Crippen LogP contribution in [0.2, 0.25) is 0 Å². The third-order valence-corrected chi connectivity index (χ3v) is 10.9. The zero-order chi connectivity index (χ0) is 29.1. The molecule has 2 aromatic carbocycles. The molecule has 4 fully saturated rings. The van der Waals surface area contributed by atoms with E-state index in [1.807, 2.05) is 30.3 Å². The van der Waals surface area contributed by atoms with Crippen molar-refractivity contribution < 1.29 is 13.9 Å². The van der Waals surface area contributed by atoms with Gasteiger partial charge in [-0.2, -0.15) is 5.26 Å². The molecule has 0 bridgehead atoms. The molecule has 0 aromatic heterocycles. The number of esters is 1. The van der Waals surface area contributed by atoms with Crippen molar-refractivity contribution in [2.45, 2.75) is 50.4 Å². The molecule has 3 aliphatic heterocycles. The molecule has 3 heterocycles. The Hall–Kier alpha value is -2.95. The maximum atomic E-state index is 14.9. The van der Waals surface area contributed by atoms with Crippen LogP contribution in [0.1, 0.15) is 56.1 Å². The molecule has 1 saturated carbocycles. The second-order valence-corrected chi connectivity index (χ2v) is 13.3. The summed E-state index contributed by atoms with van der Waals surface area (Å²) in [6, 6.07) is 17.6. The first kappa shape index (κ1) is 29.1. The summed E-state index contributed by atoms with van der Waals surface area (Å²) in [6.45, 7) is 8.49. The predicted octanol–water partition coefficient (Wildman–Crippen LogP) is 5.47. The Kier molecular flexibility index (Phi) is 8.83. The molecule has 3 saturated heterocycles. The Labute approximate surface area is 250 Å². The number of hydrogen-bond donors (Lipinski definition) is 0. The van der Waals surface area contributed by atoms with Crippen LogP contribution in [0.3, 0.4) is 0 Å². The van der Waals surface area contributed by atoms with Gasteiger partial charge in [-0.3, -0.25) is 4.79 Å². The van der Waals surface area contributed by atoms with Crippen LogP contribution in [0.4, 0.5) is 10.1 Å². The van der Waals surface area contributed by atoms with E-state index in [-0.39, 0.29) is 23.1 Å². The quantitative estimate of drug-likeness (QED) is 0.352. The Morgan fingerprint density at radius 2 is 1.79 bits per heavy atom. The van der Waals surface area contributed by atoms with Gasteiger partial charge in [0.2, 0.25) is 0 Å². The SMILES string of the molecule is COC(=O)C[C@H]1CCC[C@@H]1[C@@](CN1CCC1)(c1cccc(F)c1)C1CCN(CC2CN(c3cccc(C#N)c3)C2)CC1. The number of nitrogens with zero attached hydrogens (tertiary/aromatic N) is 4. The van der Waals surface area contributed by atoms with Gasteiger partial charge < -0.3 is 19.4 Å². The Bertz CT molecular complexity index is 1280. The molecule has 0 amide bonds. The zero-order valence-corrected chi connectivity index (χ0v) is 25.0. The van der Waals surface area contributed by atoms with E-state index in [0.717, 1.165) is 95.7 Å². The highest BCUT2D eigenvalue weighted by atomic mass is 19.1. The summed E-state index contributed by atoms with van der Waals surface area (Å²) in [5.41, 5.74) is 2.84. The topological polar surface area (TPSA) is 59.8 Å². The lowest BCUT2D eigenvalue weighted by Crippen LogP contribution is -2.58. The fourth-order valence-electron chi connectivity index (χ4n) is 8.70. The third kappa shape index (κ3) is 5.94. The monoisotopic (exact) mass is 572 g/mol. The Morgan fingerprint density at radius 3 is 2.48 bits per heavy atom. The summed E-state index contributed by atoms with van der Waals surface area (Å²) in [6.07, 6.45) is 7.17. The molecule has 7 heteroatoms. The van der Waals surface area contributed by atoms with E-state index in [9.17, 15) is 14.4 Å². The van der Waals surface area contributed by atoms with Crippen LogP contribution in [0.25, 0.3) is 0 Å². The smallest absolute Gasteiger partial charge is 0.305 e. The minimum Gasteiger partial charge on any atom is -0.469 e. The third-order valence-electron chi connectivity index (χ3n) is 10.9. The van der Waals surface area contributed by atoms with Gasteiger partial charge in [-0.1, -0.05) is 24.6 Å². The molecule has 2 aromatic rings. The van der Waals surface area contributed by atoms with Crippen molar-refractivity contribution in [2.24, 2.45) is 23.7 Å². The van der Waals surface area contributed by atoms with Crippen LogP contribution in [0.5, 0.6) is 0 Å². The van der Waals surface area contributed by atoms with E-state index in [2.05, 4.69) is 32.9 Å². The molecule has 6 rings (SSSR count). The van der Waals surface area contributed by atoms with Crippen LogP contribution < -0.4 is 4.90 Å². The number of nitriles is 1. The number of carbonyl (C=O) groups is 1. The van der Waals surface area contributed by atoms with Crippen molar-refractivity contribution in [3.8, 4) is 6.07 Å². The number of anilines is 1. The van der Waals surface area contributed by atoms with Gasteiger partial charge in [0.05, 0.1) is 18.7 Å². The molecule has 224 valence electrons. The van der Waals surface area contributed by atoms with E-state index in [0.29, 0.717) is 29.7 Å². The summed E-state index contributed by atoms with van der Waals surface area (Å²) in [5, 5.41) is 9.25. The number of hydrogen-bond acceptors (Lipinski definition) is 6. The molecule has 0 unspecified atom stereocenters. The Balaban J connectivity index is 1.18. The van der Waals surface area contributed by atoms with Crippen LogP contribution in [0, 0.1) is 40.8 Å². The van der Waals surface area contributed by atoms with Gasteiger partial charge in [0.1, 0.15) is 5.82 Å². The molecule has 0 N–H and O–H groups in total. The van der Waals surface area contributed by atoms with Gasteiger partial charge in [0.25, 0.3) is 0 Å². The first-order valence-corrected chi connectivity index (χ1v) is 16.0. The lowest BCUT2D eigenvalue weighted by molar-refractivity contribution is -0.142. The highest BCUT2D eigenvalue weighted by Gasteiger charge is 2.53. The summed E-state index contributed by atoms with van der Waals surface area (Å²) in [5.74, 6) is 1.44. The number of likely N-dealkylation sites (tertiary alicyclic amines) is 2. The maximum Gasteiger partial charge on any atom is 0.305 e. The molecular formula is C35H45FN4O2. The second-order valence-electron chi connectivity index (χ2n) is 13.3. The van der Waals surface area contributed by atoms with Crippen LogP contribution in [-0.2, 0) is 14.9 Å². The Morgan fingerprint density at radius 1 is 1.00 bits per heavy atom. The summed E-state index contributed by atoms with van der Waals surface area (Å²) < 4.78 is 20.0. The van der Waals surface area contributed by atoms with E-state index in [4.69, 9.17) is 4.74 Å². The minimum absolute atomic E-state index is 0.118. The lowest BCUT2D eigenvalue weighted by atomic mass is 9.56. The fourth-order valence-corrected chi connectivity index (χ4v) is 8.70. The van der Waals surface area contributed by atoms with Gasteiger partial charge in [-0.05, 0) is 112 Å². The average Bonchev–Trinajstić information content (AvgIpc) is 3.43.